The number of halogens is 1. The smallest absolute Gasteiger partial charge is 0.273 e. The average molecular weight is 339 g/mol. The third kappa shape index (κ3) is 3.67. The van der Waals surface area contributed by atoms with Crippen molar-refractivity contribution in [2.24, 2.45) is 0 Å². The fourth-order valence-corrected chi connectivity index (χ4v) is 1.80. The van der Waals surface area contributed by atoms with Crippen LogP contribution in [0.15, 0.2) is 41.1 Å². The van der Waals surface area contributed by atoms with Gasteiger partial charge in [0.25, 0.3) is 5.69 Å². The summed E-state index contributed by atoms with van der Waals surface area (Å²) in [6, 6.07) is 8.02. The number of pyridine rings is 1. The Hall–Kier alpha value is -2.15. The van der Waals surface area contributed by atoms with Crippen LogP contribution in [0, 0.1) is 10.1 Å². The monoisotopic (exact) mass is 338 g/mol. The lowest BCUT2D eigenvalue weighted by molar-refractivity contribution is -0.385. The van der Waals surface area contributed by atoms with Crippen molar-refractivity contribution in [2.75, 3.05) is 7.11 Å². The molecule has 0 saturated heterocycles. The van der Waals surface area contributed by atoms with Crippen LogP contribution in [-0.2, 0) is 6.61 Å². The molecule has 0 aliphatic rings. The van der Waals surface area contributed by atoms with Gasteiger partial charge in [0.15, 0.2) is 0 Å². The highest BCUT2D eigenvalue weighted by Crippen LogP contribution is 2.23. The maximum atomic E-state index is 10.8. The molecule has 0 spiro atoms. The van der Waals surface area contributed by atoms with Gasteiger partial charge in [0.2, 0.25) is 0 Å². The standard InChI is InChI=1S/C13H11BrN2O4/c1-19-12-5-9(4-10(6-12)16(17)18)8-20-11-2-3-13(14)15-7-11/h2-7H,8H2,1H3. The molecule has 1 heterocycles. The SMILES string of the molecule is COc1cc(COc2ccc(Br)nc2)cc([N+](=O)[O-])c1. The summed E-state index contributed by atoms with van der Waals surface area (Å²) in [6.45, 7) is 0.196. The van der Waals surface area contributed by atoms with Crippen LogP contribution < -0.4 is 9.47 Å². The summed E-state index contributed by atoms with van der Waals surface area (Å²) in [7, 11) is 1.46. The van der Waals surface area contributed by atoms with E-state index in [9.17, 15) is 10.1 Å². The van der Waals surface area contributed by atoms with E-state index in [0.29, 0.717) is 21.7 Å². The Balaban J connectivity index is 2.14. The predicted octanol–water partition coefficient (Wildman–Crippen LogP) is 3.34. The van der Waals surface area contributed by atoms with Gasteiger partial charge in [0.1, 0.15) is 22.7 Å². The molecular weight excluding hydrogens is 328 g/mol. The second-order valence-corrected chi connectivity index (χ2v) is 4.71. The van der Waals surface area contributed by atoms with Gasteiger partial charge >= 0.3 is 0 Å². The third-order valence-corrected chi connectivity index (χ3v) is 2.97. The van der Waals surface area contributed by atoms with Gasteiger partial charge in [-0.1, -0.05) is 0 Å². The van der Waals surface area contributed by atoms with Gasteiger partial charge in [0.05, 0.1) is 24.3 Å². The van der Waals surface area contributed by atoms with Crippen molar-refractivity contribution in [3.63, 3.8) is 0 Å². The van der Waals surface area contributed by atoms with E-state index in [1.807, 2.05) is 0 Å². The van der Waals surface area contributed by atoms with E-state index in [0.717, 1.165) is 0 Å². The van der Waals surface area contributed by atoms with E-state index >= 15 is 0 Å². The quantitative estimate of drug-likeness (QED) is 0.474. The second kappa shape index (κ2) is 6.33. The number of nitrogens with zero attached hydrogens (tertiary/aromatic N) is 2. The normalized spacial score (nSPS) is 10.1. The molecular formula is C13H11BrN2O4. The van der Waals surface area contributed by atoms with Gasteiger partial charge in [-0.25, -0.2) is 4.98 Å². The lowest BCUT2D eigenvalue weighted by Gasteiger charge is -2.07. The molecule has 0 saturated carbocycles. The van der Waals surface area contributed by atoms with Crippen LogP contribution in [0.3, 0.4) is 0 Å². The van der Waals surface area contributed by atoms with Crippen LogP contribution in [0.2, 0.25) is 0 Å². The van der Waals surface area contributed by atoms with Crippen molar-refractivity contribution in [2.45, 2.75) is 6.61 Å². The number of nitro groups is 1. The lowest BCUT2D eigenvalue weighted by Crippen LogP contribution is -1.98. The zero-order chi connectivity index (χ0) is 14.5. The summed E-state index contributed by atoms with van der Waals surface area (Å²) < 4.78 is 11.3. The second-order valence-electron chi connectivity index (χ2n) is 3.90. The molecule has 0 N–H and O–H groups in total. The zero-order valence-corrected chi connectivity index (χ0v) is 12.2. The minimum Gasteiger partial charge on any atom is -0.496 e. The van der Waals surface area contributed by atoms with Crippen molar-refractivity contribution < 1.29 is 14.4 Å². The van der Waals surface area contributed by atoms with Crippen LogP contribution >= 0.6 is 15.9 Å². The first kappa shape index (κ1) is 14.3. The number of nitro benzene ring substituents is 1. The van der Waals surface area contributed by atoms with E-state index < -0.39 is 4.92 Å². The molecule has 0 amide bonds. The molecule has 0 aliphatic carbocycles. The zero-order valence-electron chi connectivity index (χ0n) is 10.6. The molecule has 0 aliphatic heterocycles. The molecule has 7 heteroatoms. The Labute approximate surface area is 123 Å². The van der Waals surface area contributed by atoms with E-state index in [4.69, 9.17) is 9.47 Å². The summed E-state index contributed by atoms with van der Waals surface area (Å²) in [4.78, 5) is 14.4. The molecule has 0 atom stereocenters. The number of rotatable bonds is 5. The summed E-state index contributed by atoms with van der Waals surface area (Å²) in [5.74, 6) is 1.01. The van der Waals surface area contributed by atoms with Crippen LogP contribution in [0.4, 0.5) is 5.69 Å². The van der Waals surface area contributed by atoms with Crippen molar-refractivity contribution >= 4 is 21.6 Å². The number of methoxy groups -OCH3 is 1. The number of hydrogen-bond acceptors (Lipinski definition) is 5. The molecule has 1 aromatic heterocycles. The molecule has 2 aromatic rings. The maximum absolute atomic E-state index is 10.8. The van der Waals surface area contributed by atoms with E-state index in [-0.39, 0.29) is 12.3 Å². The summed E-state index contributed by atoms with van der Waals surface area (Å²) in [6.07, 6.45) is 1.57. The Kier molecular flexibility index (Phi) is 4.52. The number of non-ortho nitro benzene ring substituents is 1. The first-order valence-corrected chi connectivity index (χ1v) is 6.44. The molecule has 0 radical (unpaired) electrons. The summed E-state index contributed by atoms with van der Waals surface area (Å²) in [5.41, 5.74) is 0.621. The Morgan fingerprint density at radius 3 is 2.70 bits per heavy atom. The van der Waals surface area contributed by atoms with Crippen LogP contribution in [-0.4, -0.2) is 17.0 Å². The largest absolute Gasteiger partial charge is 0.496 e. The highest BCUT2D eigenvalue weighted by atomic mass is 79.9. The Morgan fingerprint density at radius 2 is 2.10 bits per heavy atom. The fraction of sp³-hybridized carbons (Fsp3) is 0.154. The van der Waals surface area contributed by atoms with E-state index in [2.05, 4.69) is 20.9 Å². The topological polar surface area (TPSA) is 74.5 Å². The molecule has 1 aromatic carbocycles. The van der Waals surface area contributed by atoms with E-state index in [1.54, 1.807) is 24.4 Å². The minimum absolute atomic E-state index is 0.0307. The van der Waals surface area contributed by atoms with Crippen molar-refractivity contribution in [3.05, 3.63) is 56.8 Å². The molecule has 20 heavy (non-hydrogen) atoms. The average Bonchev–Trinajstić information content (AvgIpc) is 2.46. The summed E-state index contributed by atoms with van der Waals surface area (Å²) >= 11 is 3.23. The highest BCUT2D eigenvalue weighted by Gasteiger charge is 2.10. The Morgan fingerprint density at radius 1 is 1.30 bits per heavy atom. The van der Waals surface area contributed by atoms with Crippen molar-refractivity contribution in [1.82, 2.24) is 4.98 Å². The first-order valence-electron chi connectivity index (χ1n) is 5.65. The maximum Gasteiger partial charge on any atom is 0.273 e. The van der Waals surface area contributed by atoms with Crippen molar-refractivity contribution in [3.8, 4) is 11.5 Å². The van der Waals surface area contributed by atoms with Crippen LogP contribution in [0.5, 0.6) is 11.5 Å². The van der Waals surface area contributed by atoms with Gasteiger partial charge in [-0.15, -0.1) is 0 Å². The van der Waals surface area contributed by atoms with Gasteiger partial charge in [-0.05, 0) is 39.7 Å². The van der Waals surface area contributed by atoms with Crippen LogP contribution in [0.1, 0.15) is 5.56 Å². The van der Waals surface area contributed by atoms with Gasteiger partial charge in [-0.2, -0.15) is 0 Å². The first-order chi connectivity index (χ1) is 9.58. The molecule has 0 bridgehead atoms. The number of hydrogen-bond donors (Lipinski definition) is 0. The number of benzene rings is 1. The van der Waals surface area contributed by atoms with Gasteiger partial charge in [-0.3, -0.25) is 10.1 Å². The molecule has 6 nitrogen and oxygen atoms in total. The van der Waals surface area contributed by atoms with Crippen molar-refractivity contribution in [1.29, 1.82) is 0 Å². The Bertz CT molecular complexity index is 616. The fourth-order valence-electron chi connectivity index (χ4n) is 1.56. The molecule has 104 valence electrons. The van der Waals surface area contributed by atoms with Gasteiger partial charge in [0, 0.05) is 6.07 Å². The summed E-state index contributed by atoms with van der Waals surface area (Å²) in [5, 5.41) is 10.8. The number of ether oxygens (including phenoxy) is 2. The van der Waals surface area contributed by atoms with Gasteiger partial charge < -0.3 is 9.47 Å². The molecule has 2 rings (SSSR count). The third-order valence-electron chi connectivity index (χ3n) is 2.50. The lowest BCUT2D eigenvalue weighted by atomic mass is 10.2. The van der Waals surface area contributed by atoms with Crippen LogP contribution in [0.25, 0.3) is 0 Å². The predicted molar refractivity (Wildman–Crippen MR) is 75.9 cm³/mol. The molecule has 0 fully saturated rings. The molecule has 0 unspecified atom stereocenters. The van der Waals surface area contributed by atoms with E-state index in [1.165, 1.54) is 19.2 Å². The highest BCUT2D eigenvalue weighted by molar-refractivity contribution is 9.10. The minimum atomic E-state index is -0.465. The number of aromatic nitrogens is 1.